The fourth-order valence-electron chi connectivity index (χ4n) is 1.26. The van der Waals surface area contributed by atoms with Gasteiger partial charge in [0, 0.05) is 6.07 Å². The second-order valence-electron chi connectivity index (χ2n) is 3.30. The molecule has 1 heterocycles. The monoisotopic (exact) mass is 269 g/mol. The molecule has 2 rings (SSSR count). The Morgan fingerprint density at radius 2 is 2.00 bits per heavy atom. The minimum Gasteiger partial charge on any atom is -0.306 e. The minimum absolute atomic E-state index is 0.101. The van der Waals surface area contributed by atoms with Crippen molar-refractivity contribution in [1.29, 1.82) is 0 Å². The topological polar surface area (TPSA) is 54.9 Å². The van der Waals surface area contributed by atoms with Crippen LogP contribution in [0, 0.1) is 11.6 Å². The molecule has 0 saturated carbocycles. The highest BCUT2D eigenvalue weighted by molar-refractivity contribution is 6.29. The Hall–Kier alpha value is -2.08. The Balaban J connectivity index is 2.24. The van der Waals surface area contributed by atoms with Crippen molar-refractivity contribution in [3.63, 3.8) is 0 Å². The lowest BCUT2D eigenvalue weighted by Crippen LogP contribution is -2.15. The van der Waals surface area contributed by atoms with Crippen molar-refractivity contribution in [1.82, 2.24) is 9.97 Å². The van der Waals surface area contributed by atoms with Gasteiger partial charge < -0.3 is 5.32 Å². The van der Waals surface area contributed by atoms with Crippen molar-refractivity contribution >= 4 is 23.3 Å². The quantitative estimate of drug-likeness (QED) is 0.853. The number of carbonyl (C=O) groups excluding carboxylic acids is 1. The van der Waals surface area contributed by atoms with Crippen LogP contribution in [0.1, 0.15) is 10.4 Å². The summed E-state index contributed by atoms with van der Waals surface area (Å²) < 4.78 is 26.2. The number of anilines is 1. The average molecular weight is 270 g/mol. The van der Waals surface area contributed by atoms with E-state index in [9.17, 15) is 13.6 Å². The third-order valence-electron chi connectivity index (χ3n) is 2.05. The lowest BCUT2D eigenvalue weighted by molar-refractivity contribution is 0.102. The van der Waals surface area contributed by atoms with Crippen LogP contribution in [0.25, 0.3) is 0 Å². The van der Waals surface area contributed by atoms with Crippen LogP contribution in [-0.2, 0) is 0 Å². The fourth-order valence-corrected chi connectivity index (χ4v) is 1.40. The maximum Gasteiger partial charge on any atom is 0.259 e. The van der Waals surface area contributed by atoms with Crippen molar-refractivity contribution < 1.29 is 13.6 Å². The predicted molar refractivity (Wildman–Crippen MR) is 61.4 cm³/mol. The van der Waals surface area contributed by atoms with E-state index in [2.05, 4.69) is 15.3 Å². The maximum absolute atomic E-state index is 13.3. The molecule has 18 heavy (non-hydrogen) atoms. The zero-order valence-electron chi connectivity index (χ0n) is 8.82. The van der Waals surface area contributed by atoms with Gasteiger partial charge in [-0.2, -0.15) is 0 Å². The van der Waals surface area contributed by atoms with Crippen LogP contribution in [0.15, 0.2) is 30.6 Å². The number of hydrogen-bond donors (Lipinski definition) is 1. The molecule has 0 fully saturated rings. The van der Waals surface area contributed by atoms with Gasteiger partial charge in [-0.25, -0.2) is 18.7 Å². The molecule has 4 nitrogen and oxygen atoms in total. The van der Waals surface area contributed by atoms with E-state index in [1.54, 1.807) is 0 Å². The van der Waals surface area contributed by atoms with Gasteiger partial charge in [-0.3, -0.25) is 4.79 Å². The molecule has 1 aromatic heterocycles. The third kappa shape index (κ3) is 2.78. The molecule has 0 aliphatic heterocycles. The molecule has 1 amide bonds. The fraction of sp³-hybridized carbons (Fsp3) is 0. The van der Waals surface area contributed by atoms with E-state index in [1.165, 1.54) is 6.07 Å². The third-order valence-corrected chi connectivity index (χ3v) is 2.26. The molecule has 0 aliphatic carbocycles. The van der Waals surface area contributed by atoms with Gasteiger partial charge in [0.15, 0.2) is 0 Å². The number of aromatic nitrogens is 2. The summed E-state index contributed by atoms with van der Waals surface area (Å²) in [6, 6.07) is 3.88. The average Bonchev–Trinajstić information content (AvgIpc) is 2.32. The van der Waals surface area contributed by atoms with Gasteiger partial charge >= 0.3 is 0 Å². The molecular formula is C11H6ClF2N3O. The molecule has 1 N–H and O–H groups in total. The summed E-state index contributed by atoms with van der Waals surface area (Å²) >= 11 is 5.59. The number of halogens is 3. The molecule has 0 aliphatic rings. The minimum atomic E-state index is -0.825. The first kappa shape index (κ1) is 12.4. The lowest BCUT2D eigenvalue weighted by Gasteiger charge is -2.05. The number of hydrogen-bond acceptors (Lipinski definition) is 3. The maximum atomic E-state index is 13.3. The summed E-state index contributed by atoms with van der Waals surface area (Å²) in [5, 5.41) is 2.41. The predicted octanol–water partition coefficient (Wildman–Crippen LogP) is 2.66. The molecular weight excluding hydrogens is 264 g/mol. The van der Waals surface area contributed by atoms with Gasteiger partial charge in [-0.1, -0.05) is 11.6 Å². The number of rotatable bonds is 2. The first-order chi connectivity index (χ1) is 8.56. The zero-order chi connectivity index (χ0) is 13.1. The highest BCUT2D eigenvalue weighted by Gasteiger charge is 2.13. The zero-order valence-corrected chi connectivity index (χ0v) is 9.58. The van der Waals surface area contributed by atoms with Gasteiger partial charge in [0.25, 0.3) is 5.91 Å². The van der Waals surface area contributed by atoms with Crippen LogP contribution in [0.5, 0.6) is 0 Å². The SMILES string of the molecule is O=C(Nc1cc(Cl)ncn1)c1cc(F)ccc1F. The molecule has 92 valence electrons. The van der Waals surface area contributed by atoms with E-state index >= 15 is 0 Å². The molecule has 2 aromatic rings. The van der Waals surface area contributed by atoms with Crippen molar-refractivity contribution in [2.24, 2.45) is 0 Å². The second-order valence-corrected chi connectivity index (χ2v) is 3.69. The molecule has 0 bridgehead atoms. The van der Waals surface area contributed by atoms with Crippen molar-refractivity contribution in [3.8, 4) is 0 Å². The van der Waals surface area contributed by atoms with Gasteiger partial charge in [-0.15, -0.1) is 0 Å². The molecule has 0 saturated heterocycles. The van der Waals surface area contributed by atoms with Gasteiger partial charge in [0.05, 0.1) is 5.56 Å². The molecule has 0 unspecified atom stereocenters. The summed E-state index contributed by atoms with van der Waals surface area (Å²) in [5.74, 6) is -2.25. The van der Waals surface area contributed by atoms with E-state index in [0.717, 1.165) is 24.5 Å². The largest absolute Gasteiger partial charge is 0.306 e. The summed E-state index contributed by atoms with van der Waals surface area (Å²) in [6.07, 6.45) is 1.14. The number of nitrogens with zero attached hydrogens (tertiary/aromatic N) is 2. The Kier molecular flexibility index (Phi) is 3.47. The first-order valence-electron chi connectivity index (χ1n) is 4.80. The van der Waals surface area contributed by atoms with Crippen molar-refractivity contribution in [3.05, 3.63) is 52.9 Å². The number of amides is 1. The highest BCUT2D eigenvalue weighted by atomic mass is 35.5. The van der Waals surface area contributed by atoms with Crippen LogP contribution in [0.2, 0.25) is 5.15 Å². The Bertz CT molecular complexity index is 607. The normalized spacial score (nSPS) is 10.2. The van der Waals surface area contributed by atoms with Crippen molar-refractivity contribution in [2.75, 3.05) is 5.32 Å². The Morgan fingerprint density at radius 1 is 1.22 bits per heavy atom. The lowest BCUT2D eigenvalue weighted by atomic mass is 10.2. The van der Waals surface area contributed by atoms with Gasteiger partial charge in [-0.05, 0) is 18.2 Å². The van der Waals surface area contributed by atoms with Crippen LogP contribution < -0.4 is 5.32 Å². The number of carbonyl (C=O) groups is 1. The Morgan fingerprint density at radius 3 is 2.72 bits per heavy atom. The van der Waals surface area contributed by atoms with E-state index in [-0.39, 0.29) is 11.0 Å². The van der Waals surface area contributed by atoms with E-state index in [1.807, 2.05) is 0 Å². The summed E-state index contributed by atoms with van der Waals surface area (Å²) in [7, 11) is 0. The highest BCUT2D eigenvalue weighted by Crippen LogP contribution is 2.13. The smallest absolute Gasteiger partial charge is 0.259 e. The van der Waals surface area contributed by atoms with E-state index in [4.69, 9.17) is 11.6 Å². The Labute approximate surface area is 106 Å². The second kappa shape index (κ2) is 5.05. The molecule has 0 atom stereocenters. The van der Waals surface area contributed by atoms with Crippen LogP contribution in [0.3, 0.4) is 0 Å². The first-order valence-corrected chi connectivity index (χ1v) is 5.18. The number of nitrogens with one attached hydrogen (secondary N) is 1. The molecule has 7 heteroatoms. The number of benzene rings is 1. The standard InChI is InChI=1S/C11H6ClF2N3O/c12-9-4-10(16-5-15-9)17-11(18)7-3-6(13)1-2-8(7)14/h1-5H,(H,15,16,17,18). The molecule has 0 spiro atoms. The summed E-state index contributed by atoms with van der Waals surface area (Å²) in [6.45, 7) is 0. The van der Waals surface area contributed by atoms with Crippen molar-refractivity contribution in [2.45, 2.75) is 0 Å². The van der Waals surface area contributed by atoms with E-state index < -0.39 is 23.1 Å². The van der Waals surface area contributed by atoms with Crippen LogP contribution in [0.4, 0.5) is 14.6 Å². The summed E-state index contributed by atoms with van der Waals surface area (Å²) in [4.78, 5) is 19.0. The van der Waals surface area contributed by atoms with Crippen LogP contribution in [-0.4, -0.2) is 15.9 Å². The van der Waals surface area contributed by atoms with E-state index in [0.29, 0.717) is 0 Å². The molecule has 0 radical (unpaired) electrons. The molecule has 1 aromatic carbocycles. The van der Waals surface area contributed by atoms with Gasteiger partial charge in [0.2, 0.25) is 0 Å². The summed E-state index contributed by atoms with van der Waals surface area (Å²) in [5.41, 5.74) is -0.412. The van der Waals surface area contributed by atoms with Gasteiger partial charge in [0.1, 0.15) is 28.9 Å². The van der Waals surface area contributed by atoms with Crippen LogP contribution >= 0.6 is 11.6 Å².